The van der Waals surface area contributed by atoms with E-state index >= 15 is 0 Å². The second-order valence-electron chi connectivity index (χ2n) is 9.59. The van der Waals surface area contributed by atoms with Gasteiger partial charge in [0.15, 0.2) is 0 Å². The molecule has 2 aromatic carbocycles. The van der Waals surface area contributed by atoms with Crippen LogP contribution in [0.5, 0.6) is 0 Å². The highest BCUT2D eigenvalue weighted by molar-refractivity contribution is 7.97. The van der Waals surface area contributed by atoms with E-state index in [4.69, 9.17) is 0 Å². The van der Waals surface area contributed by atoms with Gasteiger partial charge in [-0.2, -0.15) is 18.3 Å². The van der Waals surface area contributed by atoms with Crippen LogP contribution >= 0.6 is 23.3 Å². The second kappa shape index (κ2) is 9.68. The third-order valence-electron chi connectivity index (χ3n) is 7.26. The van der Waals surface area contributed by atoms with Gasteiger partial charge in [-0.25, -0.2) is 13.4 Å². The SMILES string of the molecule is OC(c1cccs1)C12Cc3cnn(-c4ccc(F)cc4)c3C=C1CCN(Sc1ccc(C(F)(F)F)cc1)C2. The molecule has 3 heterocycles. The van der Waals surface area contributed by atoms with Gasteiger partial charge in [0.1, 0.15) is 5.82 Å². The molecule has 6 rings (SSSR count). The van der Waals surface area contributed by atoms with E-state index in [2.05, 4.69) is 15.5 Å². The van der Waals surface area contributed by atoms with Crippen molar-refractivity contribution in [1.82, 2.24) is 14.1 Å². The van der Waals surface area contributed by atoms with Gasteiger partial charge >= 0.3 is 6.18 Å². The summed E-state index contributed by atoms with van der Waals surface area (Å²) in [6, 6.07) is 15.2. The number of piperidine rings is 1. The molecule has 4 nitrogen and oxygen atoms in total. The fourth-order valence-corrected chi connectivity index (χ4v) is 7.22. The molecule has 10 heteroatoms. The molecule has 2 aromatic heterocycles. The van der Waals surface area contributed by atoms with Gasteiger partial charge in [0.2, 0.25) is 0 Å². The molecule has 2 atom stereocenters. The van der Waals surface area contributed by atoms with Crippen molar-refractivity contribution >= 4 is 29.4 Å². The maximum absolute atomic E-state index is 13.5. The molecule has 1 aliphatic heterocycles. The number of hydrogen-bond acceptors (Lipinski definition) is 5. The zero-order chi connectivity index (χ0) is 26.5. The van der Waals surface area contributed by atoms with Gasteiger partial charge < -0.3 is 5.11 Å². The summed E-state index contributed by atoms with van der Waals surface area (Å²) in [7, 11) is 0. The summed E-state index contributed by atoms with van der Waals surface area (Å²) in [4.78, 5) is 1.58. The topological polar surface area (TPSA) is 41.3 Å². The number of aliphatic hydroxyl groups is 1. The Kier molecular flexibility index (Phi) is 6.46. The number of thiophene rings is 1. The number of aromatic nitrogens is 2. The first-order valence-electron chi connectivity index (χ1n) is 12.1. The Balaban J connectivity index is 1.33. The first kappa shape index (κ1) is 25.4. The zero-order valence-electron chi connectivity index (χ0n) is 20.0. The van der Waals surface area contributed by atoms with Crippen molar-refractivity contribution in [2.24, 2.45) is 5.41 Å². The number of fused-ring (bicyclic) bond motifs is 2. The minimum atomic E-state index is -4.37. The van der Waals surface area contributed by atoms with Crippen LogP contribution in [-0.4, -0.2) is 32.3 Å². The molecule has 2 unspecified atom stereocenters. The van der Waals surface area contributed by atoms with E-state index in [1.165, 1.54) is 47.6 Å². The van der Waals surface area contributed by atoms with Gasteiger partial charge in [-0.05, 0) is 96.4 Å². The van der Waals surface area contributed by atoms with Gasteiger partial charge in [-0.15, -0.1) is 11.3 Å². The van der Waals surface area contributed by atoms with Crippen molar-refractivity contribution in [2.75, 3.05) is 13.1 Å². The molecule has 1 N–H and O–H groups in total. The van der Waals surface area contributed by atoms with Gasteiger partial charge in [0.05, 0.1) is 29.2 Å². The lowest BCUT2D eigenvalue weighted by molar-refractivity contribution is -0.137. The monoisotopic (exact) mass is 557 g/mol. The van der Waals surface area contributed by atoms with Crippen LogP contribution in [0.2, 0.25) is 0 Å². The number of nitrogens with zero attached hydrogens (tertiary/aromatic N) is 3. The van der Waals surface area contributed by atoms with Crippen LogP contribution in [0.25, 0.3) is 11.8 Å². The highest BCUT2D eigenvalue weighted by atomic mass is 32.2. The Morgan fingerprint density at radius 1 is 1.05 bits per heavy atom. The van der Waals surface area contributed by atoms with Crippen molar-refractivity contribution in [3.8, 4) is 5.69 Å². The summed E-state index contributed by atoms with van der Waals surface area (Å²) in [5.74, 6) is -0.316. The zero-order valence-corrected chi connectivity index (χ0v) is 21.7. The molecule has 4 aromatic rings. The van der Waals surface area contributed by atoms with Crippen molar-refractivity contribution < 1.29 is 22.7 Å². The van der Waals surface area contributed by atoms with Crippen LogP contribution in [-0.2, 0) is 12.6 Å². The van der Waals surface area contributed by atoms with Crippen molar-refractivity contribution in [3.63, 3.8) is 0 Å². The first-order chi connectivity index (χ1) is 18.2. The van der Waals surface area contributed by atoms with E-state index in [1.807, 2.05) is 17.5 Å². The lowest BCUT2D eigenvalue weighted by Gasteiger charge is -2.48. The highest BCUT2D eigenvalue weighted by Crippen LogP contribution is 2.53. The van der Waals surface area contributed by atoms with Crippen LogP contribution in [0.4, 0.5) is 17.6 Å². The maximum Gasteiger partial charge on any atom is 0.416 e. The average molecular weight is 558 g/mol. The van der Waals surface area contributed by atoms with Crippen LogP contribution in [0.1, 0.15) is 34.2 Å². The summed E-state index contributed by atoms with van der Waals surface area (Å²) in [5, 5.41) is 18.3. The van der Waals surface area contributed by atoms with E-state index < -0.39 is 23.3 Å². The molecule has 1 aliphatic carbocycles. The van der Waals surface area contributed by atoms with Crippen molar-refractivity contribution in [3.05, 3.63) is 105 Å². The third-order valence-corrected chi connectivity index (χ3v) is 9.23. The van der Waals surface area contributed by atoms with Gasteiger partial charge in [-0.3, -0.25) is 0 Å². The van der Waals surface area contributed by atoms with Gasteiger partial charge in [0, 0.05) is 28.3 Å². The minimum absolute atomic E-state index is 0.316. The lowest BCUT2D eigenvalue weighted by Crippen LogP contribution is -2.48. The van der Waals surface area contributed by atoms with Crippen LogP contribution < -0.4 is 0 Å². The van der Waals surface area contributed by atoms with E-state index in [9.17, 15) is 22.7 Å². The van der Waals surface area contributed by atoms with Gasteiger partial charge in [-0.1, -0.05) is 11.6 Å². The number of alkyl halides is 3. The third kappa shape index (κ3) is 4.59. The number of aliphatic hydroxyl groups excluding tert-OH is 1. The smallest absolute Gasteiger partial charge is 0.387 e. The highest BCUT2D eigenvalue weighted by Gasteiger charge is 2.49. The fourth-order valence-electron chi connectivity index (χ4n) is 5.36. The fraction of sp³-hybridized carbons (Fsp3) is 0.250. The summed E-state index contributed by atoms with van der Waals surface area (Å²) in [6.45, 7) is 1.20. The molecule has 0 radical (unpaired) electrons. The van der Waals surface area contributed by atoms with Crippen molar-refractivity contribution in [2.45, 2.75) is 30.0 Å². The van der Waals surface area contributed by atoms with Gasteiger partial charge in [0.25, 0.3) is 0 Å². The number of rotatable bonds is 5. The lowest BCUT2D eigenvalue weighted by atomic mass is 9.65. The quantitative estimate of drug-likeness (QED) is 0.209. The normalized spacial score (nSPS) is 20.5. The minimum Gasteiger partial charge on any atom is -0.387 e. The van der Waals surface area contributed by atoms with E-state index in [0.717, 1.165) is 39.5 Å². The predicted octanol–water partition coefficient (Wildman–Crippen LogP) is 7.16. The Bertz CT molecular complexity index is 1460. The first-order valence-corrected chi connectivity index (χ1v) is 13.7. The molecule has 2 aliphatic rings. The Morgan fingerprint density at radius 3 is 2.50 bits per heavy atom. The number of halogens is 4. The van der Waals surface area contributed by atoms with Crippen LogP contribution in [0.15, 0.2) is 82.7 Å². The number of hydrogen-bond donors (Lipinski definition) is 1. The van der Waals surface area contributed by atoms with Crippen LogP contribution in [0.3, 0.4) is 0 Å². The summed E-state index contributed by atoms with van der Waals surface area (Å²) < 4.78 is 56.5. The Labute approximate surface area is 225 Å². The molecular formula is C28H23F4N3OS2. The molecule has 0 bridgehead atoms. The average Bonchev–Trinajstić information content (AvgIpc) is 3.57. The molecule has 0 saturated carbocycles. The Hall–Kier alpha value is -2.92. The summed E-state index contributed by atoms with van der Waals surface area (Å²) in [6.07, 6.45) is 0.0131. The predicted molar refractivity (Wildman–Crippen MR) is 140 cm³/mol. The molecule has 0 amide bonds. The van der Waals surface area contributed by atoms with E-state index in [1.54, 1.807) is 23.0 Å². The second-order valence-corrected chi connectivity index (χ2v) is 11.7. The maximum atomic E-state index is 13.5. The summed E-state index contributed by atoms with van der Waals surface area (Å²) in [5.41, 5.74) is 2.48. The van der Waals surface area contributed by atoms with Crippen molar-refractivity contribution in [1.29, 1.82) is 0 Å². The standard InChI is InChI=1S/C28H23F4N3OS2/c29-21-5-7-22(8-6-21)35-24-14-20-11-12-34(38-23-9-3-19(4-10-23)28(30,31)32)17-27(20,15-18(24)16-33-35)26(36)25-2-1-13-37-25/h1-10,13-14,16,26,36H,11-12,15,17H2. The molecule has 0 spiro atoms. The molecule has 196 valence electrons. The molecular weight excluding hydrogens is 534 g/mol. The number of benzene rings is 2. The molecule has 38 heavy (non-hydrogen) atoms. The Morgan fingerprint density at radius 2 is 1.82 bits per heavy atom. The summed E-state index contributed by atoms with van der Waals surface area (Å²) >= 11 is 2.92. The van der Waals surface area contributed by atoms with Crippen LogP contribution in [0, 0.1) is 11.2 Å². The van der Waals surface area contributed by atoms with E-state index in [0.29, 0.717) is 30.8 Å². The molecule has 1 saturated heterocycles. The molecule has 1 fully saturated rings. The van der Waals surface area contributed by atoms with E-state index in [-0.39, 0.29) is 5.82 Å². The largest absolute Gasteiger partial charge is 0.416 e.